The highest BCUT2D eigenvalue weighted by Crippen LogP contribution is 2.47. The summed E-state index contributed by atoms with van der Waals surface area (Å²) in [5.41, 5.74) is 10.8. The number of benzene rings is 11. The molecule has 0 spiro atoms. The Morgan fingerprint density at radius 1 is 0.259 bits per heavy atom. The molecule has 2 aromatic heterocycles. The molecule has 0 aliphatic carbocycles. The molecule has 268 valence electrons. The fourth-order valence-electron chi connectivity index (χ4n) is 9.80. The first-order chi connectivity index (χ1) is 28.7. The van der Waals surface area contributed by atoms with Crippen LogP contribution in [0, 0.1) is 0 Å². The Labute approximate surface area is 332 Å². The van der Waals surface area contributed by atoms with Gasteiger partial charge >= 0.3 is 0 Å². The third-order valence-corrected chi connectivity index (χ3v) is 12.4. The van der Waals surface area contributed by atoms with Crippen LogP contribution < -0.4 is 0 Å². The second kappa shape index (κ2) is 11.9. The van der Waals surface area contributed by atoms with E-state index in [0.29, 0.717) is 0 Å². The quantitative estimate of drug-likeness (QED) is 0.169. The number of hydrogen-bond acceptors (Lipinski definition) is 2. The molecule has 2 heterocycles. The third kappa shape index (κ3) is 4.48. The molecule has 0 N–H and O–H groups in total. The molecule has 0 atom stereocenters. The summed E-state index contributed by atoms with van der Waals surface area (Å²) in [6.07, 6.45) is 0. The lowest BCUT2D eigenvalue weighted by Gasteiger charge is -2.18. The molecule has 13 aromatic rings. The van der Waals surface area contributed by atoms with E-state index in [1.807, 2.05) is 12.1 Å². The van der Waals surface area contributed by atoms with Gasteiger partial charge in [-0.1, -0.05) is 152 Å². The van der Waals surface area contributed by atoms with Gasteiger partial charge in [0.1, 0.15) is 22.3 Å². The van der Waals surface area contributed by atoms with Crippen LogP contribution in [0.25, 0.3) is 131 Å². The van der Waals surface area contributed by atoms with Gasteiger partial charge in [-0.3, -0.25) is 0 Å². The van der Waals surface area contributed by atoms with E-state index >= 15 is 0 Å². The second-order valence-corrected chi connectivity index (χ2v) is 15.5. The predicted octanol–water partition coefficient (Wildman–Crippen LogP) is 16.3. The summed E-state index contributed by atoms with van der Waals surface area (Å²) in [6.45, 7) is 0. The fourth-order valence-corrected chi connectivity index (χ4v) is 9.80. The number of rotatable bonds is 3. The van der Waals surface area contributed by atoms with Crippen LogP contribution in [0.1, 0.15) is 0 Å². The standard InChI is InChI=1S/C56H32O2/c1-2-12-34-30-38(25-21-33(34)11-1)52-43-16-5-7-18-45(43)53(46-19-8-6-17-44(46)52)39-26-23-35-29-37(24-22-36(35)31-39)48-32-51-54(42-15-4-3-13-40(42)48)55-50(57-51)28-27-47-41-14-9-10-20-49(41)58-56(47)55/h1-32H. The monoisotopic (exact) mass is 736 g/mol. The van der Waals surface area contributed by atoms with Crippen molar-refractivity contribution in [1.29, 1.82) is 0 Å². The Morgan fingerprint density at radius 3 is 1.43 bits per heavy atom. The average molecular weight is 737 g/mol. The lowest BCUT2D eigenvalue weighted by molar-refractivity contribution is 0.663. The molecule has 0 fully saturated rings. The normalized spacial score (nSPS) is 12.1. The van der Waals surface area contributed by atoms with E-state index in [1.54, 1.807) is 0 Å². The Bertz CT molecular complexity index is 3800. The molecular weight excluding hydrogens is 705 g/mol. The van der Waals surface area contributed by atoms with Crippen molar-refractivity contribution in [2.75, 3.05) is 0 Å². The van der Waals surface area contributed by atoms with Gasteiger partial charge in [-0.15, -0.1) is 0 Å². The molecule has 2 nitrogen and oxygen atoms in total. The molecule has 0 unspecified atom stereocenters. The zero-order chi connectivity index (χ0) is 37.9. The molecular formula is C56H32O2. The topological polar surface area (TPSA) is 26.3 Å². The van der Waals surface area contributed by atoms with Gasteiger partial charge in [-0.05, 0) is 130 Å². The van der Waals surface area contributed by atoms with Crippen LogP contribution in [0.15, 0.2) is 203 Å². The van der Waals surface area contributed by atoms with Crippen LogP contribution in [0.4, 0.5) is 0 Å². The van der Waals surface area contributed by atoms with E-state index in [0.717, 1.165) is 60.4 Å². The number of para-hydroxylation sites is 1. The minimum atomic E-state index is 0.834. The smallest absolute Gasteiger partial charge is 0.147 e. The summed E-state index contributed by atoms with van der Waals surface area (Å²) in [7, 11) is 0. The van der Waals surface area contributed by atoms with Gasteiger partial charge in [0.25, 0.3) is 0 Å². The summed E-state index contributed by atoms with van der Waals surface area (Å²) in [6, 6.07) is 70.5. The molecule has 0 aliphatic rings. The number of fused-ring (bicyclic) bond motifs is 13. The fraction of sp³-hybridized carbons (Fsp3) is 0. The summed E-state index contributed by atoms with van der Waals surface area (Å²) >= 11 is 0. The highest BCUT2D eigenvalue weighted by atomic mass is 16.3. The van der Waals surface area contributed by atoms with Crippen LogP contribution in [-0.2, 0) is 0 Å². The zero-order valence-corrected chi connectivity index (χ0v) is 31.3. The number of hydrogen-bond donors (Lipinski definition) is 0. The summed E-state index contributed by atoms with van der Waals surface area (Å²) < 4.78 is 13.2. The first-order valence-corrected chi connectivity index (χ1v) is 19.9. The van der Waals surface area contributed by atoms with Crippen LogP contribution >= 0.6 is 0 Å². The Morgan fingerprint density at radius 2 is 0.759 bits per heavy atom. The summed E-state index contributed by atoms with van der Waals surface area (Å²) in [5.74, 6) is 0. The first kappa shape index (κ1) is 31.5. The minimum Gasteiger partial charge on any atom is -0.456 e. The van der Waals surface area contributed by atoms with Crippen molar-refractivity contribution in [3.05, 3.63) is 194 Å². The van der Waals surface area contributed by atoms with Gasteiger partial charge in [0.15, 0.2) is 0 Å². The zero-order valence-electron chi connectivity index (χ0n) is 31.3. The van der Waals surface area contributed by atoms with Crippen LogP contribution in [0.3, 0.4) is 0 Å². The summed E-state index contributed by atoms with van der Waals surface area (Å²) in [5, 5.41) is 16.6. The van der Waals surface area contributed by atoms with Crippen molar-refractivity contribution in [3.8, 4) is 33.4 Å². The van der Waals surface area contributed by atoms with E-state index < -0.39 is 0 Å². The molecule has 0 aliphatic heterocycles. The molecule has 13 rings (SSSR count). The molecule has 0 radical (unpaired) electrons. The van der Waals surface area contributed by atoms with E-state index in [9.17, 15) is 0 Å². The van der Waals surface area contributed by atoms with Crippen molar-refractivity contribution in [2.24, 2.45) is 0 Å². The Balaban J connectivity index is 0.981. The minimum absolute atomic E-state index is 0.834. The van der Waals surface area contributed by atoms with Crippen molar-refractivity contribution >= 4 is 97.7 Å². The predicted molar refractivity (Wildman–Crippen MR) is 245 cm³/mol. The van der Waals surface area contributed by atoms with Crippen LogP contribution in [0.2, 0.25) is 0 Å². The Kier molecular flexibility index (Phi) is 6.47. The molecule has 58 heavy (non-hydrogen) atoms. The average Bonchev–Trinajstić information content (AvgIpc) is 3.86. The summed E-state index contributed by atoms with van der Waals surface area (Å²) in [4.78, 5) is 0. The highest BCUT2D eigenvalue weighted by Gasteiger charge is 2.21. The Hall–Kier alpha value is -7.68. The van der Waals surface area contributed by atoms with Gasteiger partial charge < -0.3 is 8.83 Å². The second-order valence-electron chi connectivity index (χ2n) is 15.5. The van der Waals surface area contributed by atoms with Crippen molar-refractivity contribution in [3.63, 3.8) is 0 Å². The van der Waals surface area contributed by atoms with Crippen LogP contribution in [0.5, 0.6) is 0 Å². The van der Waals surface area contributed by atoms with E-state index in [-0.39, 0.29) is 0 Å². The van der Waals surface area contributed by atoms with Gasteiger partial charge in [0.2, 0.25) is 0 Å². The van der Waals surface area contributed by atoms with Gasteiger partial charge in [-0.2, -0.15) is 0 Å². The van der Waals surface area contributed by atoms with Gasteiger partial charge in [0.05, 0.1) is 5.39 Å². The largest absolute Gasteiger partial charge is 0.456 e. The molecule has 0 bridgehead atoms. The van der Waals surface area contributed by atoms with Gasteiger partial charge in [0, 0.05) is 16.2 Å². The lowest BCUT2D eigenvalue weighted by atomic mass is 9.85. The van der Waals surface area contributed by atoms with Crippen LogP contribution in [-0.4, -0.2) is 0 Å². The molecule has 0 saturated carbocycles. The molecule has 2 heteroatoms. The third-order valence-electron chi connectivity index (χ3n) is 12.4. The first-order valence-electron chi connectivity index (χ1n) is 19.9. The van der Waals surface area contributed by atoms with E-state index in [1.165, 1.54) is 70.7 Å². The molecule has 0 saturated heterocycles. The van der Waals surface area contributed by atoms with E-state index in [4.69, 9.17) is 8.83 Å². The molecule has 0 amide bonds. The van der Waals surface area contributed by atoms with E-state index in [2.05, 4.69) is 182 Å². The van der Waals surface area contributed by atoms with Crippen molar-refractivity contribution < 1.29 is 8.83 Å². The lowest BCUT2D eigenvalue weighted by Crippen LogP contribution is -1.91. The van der Waals surface area contributed by atoms with Gasteiger partial charge in [-0.25, -0.2) is 0 Å². The molecule has 11 aromatic carbocycles. The maximum atomic E-state index is 6.64. The maximum Gasteiger partial charge on any atom is 0.147 e. The highest BCUT2D eigenvalue weighted by molar-refractivity contribution is 6.29. The SMILES string of the molecule is c1ccc2cc(-c3c4ccccc4c(-c4ccc5cc(-c6cc7oc8ccc9c%10ccccc%10oc9c8c7c7ccccc67)ccc5c4)c4ccccc34)ccc2c1. The van der Waals surface area contributed by atoms with Crippen molar-refractivity contribution in [1.82, 2.24) is 0 Å². The van der Waals surface area contributed by atoms with Crippen molar-refractivity contribution in [2.45, 2.75) is 0 Å². The maximum absolute atomic E-state index is 6.64. The number of furan rings is 2.